The first-order valence-corrected chi connectivity index (χ1v) is 12.0. The molecule has 0 aliphatic carbocycles. The van der Waals surface area contributed by atoms with Gasteiger partial charge in [0.2, 0.25) is 0 Å². The van der Waals surface area contributed by atoms with Crippen molar-refractivity contribution in [1.29, 1.82) is 0 Å². The molecule has 0 aliphatic rings. The summed E-state index contributed by atoms with van der Waals surface area (Å²) >= 11 is 0. The molecule has 6 heteroatoms. The number of aromatic hydroxyl groups is 2. The third kappa shape index (κ3) is 6.48. The van der Waals surface area contributed by atoms with E-state index >= 15 is 0 Å². The zero-order valence-corrected chi connectivity index (χ0v) is 20.8. The lowest BCUT2D eigenvalue weighted by Gasteiger charge is -2.14. The number of aliphatic hydroxyl groups excluding tert-OH is 1. The van der Waals surface area contributed by atoms with Crippen molar-refractivity contribution < 1.29 is 29.6 Å². The van der Waals surface area contributed by atoms with Crippen LogP contribution in [0.15, 0.2) is 84.9 Å². The zero-order chi connectivity index (χ0) is 26.4. The molecule has 6 nitrogen and oxygen atoms in total. The molecule has 190 valence electrons. The molecule has 1 atom stereocenters. The lowest BCUT2D eigenvalue weighted by Crippen LogP contribution is -2.17. The molecule has 0 radical (unpaired) electrons. The highest BCUT2D eigenvalue weighted by molar-refractivity contribution is 5.82. The maximum atomic E-state index is 12.7. The number of rotatable bonds is 10. The van der Waals surface area contributed by atoms with Gasteiger partial charge in [-0.25, -0.2) is 0 Å². The number of benzene rings is 4. The van der Waals surface area contributed by atoms with Gasteiger partial charge in [-0.3, -0.25) is 4.79 Å². The number of phenolic OH excluding ortho intramolecular Hbond substituents is 2. The van der Waals surface area contributed by atoms with Crippen molar-refractivity contribution >= 4 is 5.78 Å². The van der Waals surface area contributed by atoms with Crippen LogP contribution in [0.1, 0.15) is 17.5 Å². The van der Waals surface area contributed by atoms with Crippen LogP contribution in [0.2, 0.25) is 0 Å². The fourth-order valence-electron chi connectivity index (χ4n) is 4.37. The number of phenols is 2. The van der Waals surface area contributed by atoms with Crippen LogP contribution in [0.3, 0.4) is 0 Å². The van der Waals surface area contributed by atoms with Gasteiger partial charge in [-0.1, -0.05) is 48.5 Å². The lowest BCUT2D eigenvalue weighted by atomic mass is 9.96. The van der Waals surface area contributed by atoms with Crippen molar-refractivity contribution in [2.75, 3.05) is 14.2 Å². The molecular weight excluding hydrogens is 468 g/mol. The van der Waals surface area contributed by atoms with Gasteiger partial charge < -0.3 is 24.8 Å². The second kappa shape index (κ2) is 11.6. The first-order chi connectivity index (χ1) is 17.9. The number of hydrogen-bond acceptors (Lipinski definition) is 6. The molecule has 4 rings (SSSR count). The van der Waals surface area contributed by atoms with E-state index in [1.54, 1.807) is 50.6 Å². The number of ketones is 1. The second-order valence-electron chi connectivity index (χ2n) is 8.94. The van der Waals surface area contributed by atoms with Crippen LogP contribution < -0.4 is 9.47 Å². The van der Waals surface area contributed by atoms with Crippen molar-refractivity contribution in [3.8, 4) is 45.3 Å². The van der Waals surface area contributed by atoms with Crippen molar-refractivity contribution in [2.45, 2.75) is 25.4 Å². The van der Waals surface area contributed by atoms with Gasteiger partial charge in [0, 0.05) is 24.0 Å². The Morgan fingerprint density at radius 1 is 0.703 bits per heavy atom. The van der Waals surface area contributed by atoms with E-state index in [0.29, 0.717) is 17.9 Å². The Hall–Kier alpha value is -4.29. The van der Waals surface area contributed by atoms with Gasteiger partial charge in [0.15, 0.2) is 0 Å². The van der Waals surface area contributed by atoms with Crippen LogP contribution in [0, 0.1) is 0 Å². The van der Waals surface area contributed by atoms with E-state index in [9.17, 15) is 20.1 Å². The topological polar surface area (TPSA) is 96.2 Å². The normalized spacial score (nSPS) is 11.6. The molecule has 3 N–H and O–H groups in total. The number of carbonyl (C=O) groups excluding carboxylic acids is 1. The van der Waals surface area contributed by atoms with Crippen LogP contribution >= 0.6 is 0 Å². The monoisotopic (exact) mass is 498 g/mol. The minimum absolute atomic E-state index is 0.0318. The van der Waals surface area contributed by atoms with E-state index in [-0.39, 0.29) is 30.1 Å². The number of carbonyl (C=O) groups is 1. The molecule has 0 saturated carbocycles. The first-order valence-electron chi connectivity index (χ1n) is 12.0. The van der Waals surface area contributed by atoms with Crippen LogP contribution in [0.5, 0.6) is 23.0 Å². The third-order valence-corrected chi connectivity index (χ3v) is 6.22. The minimum Gasteiger partial charge on any atom is -0.508 e. The summed E-state index contributed by atoms with van der Waals surface area (Å²) in [5, 5.41) is 29.7. The van der Waals surface area contributed by atoms with Crippen molar-refractivity contribution in [3.05, 3.63) is 96.1 Å². The SMILES string of the molecule is COc1cc(CC(=O)CC(O)Cc2ccc(-c3ccc(O)cc3)c(OC)c2)ccc1-c1ccc(O)cc1. The van der Waals surface area contributed by atoms with Gasteiger partial charge >= 0.3 is 0 Å². The summed E-state index contributed by atoms with van der Waals surface area (Å²) in [6, 6.07) is 25.0. The molecule has 0 spiro atoms. The van der Waals surface area contributed by atoms with E-state index < -0.39 is 6.10 Å². The summed E-state index contributed by atoms with van der Waals surface area (Å²) < 4.78 is 11.1. The van der Waals surface area contributed by atoms with Gasteiger partial charge in [0.1, 0.15) is 28.8 Å². The Morgan fingerprint density at radius 2 is 1.16 bits per heavy atom. The van der Waals surface area contributed by atoms with Crippen LogP contribution in [0.25, 0.3) is 22.3 Å². The number of methoxy groups -OCH3 is 2. The first kappa shape index (κ1) is 25.8. The molecule has 37 heavy (non-hydrogen) atoms. The predicted molar refractivity (Wildman–Crippen MR) is 143 cm³/mol. The number of aliphatic hydroxyl groups is 1. The van der Waals surface area contributed by atoms with Gasteiger partial charge in [0.05, 0.1) is 20.3 Å². The van der Waals surface area contributed by atoms with Crippen molar-refractivity contribution in [2.24, 2.45) is 0 Å². The van der Waals surface area contributed by atoms with Gasteiger partial charge in [0.25, 0.3) is 0 Å². The van der Waals surface area contributed by atoms with E-state index in [2.05, 4.69) is 0 Å². The molecule has 4 aromatic rings. The number of ether oxygens (including phenoxy) is 2. The molecule has 0 fully saturated rings. The largest absolute Gasteiger partial charge is 0.508 e. The highest BCUT2D eigenvalue weighted by Gasteiger charge is 2.16. The number of Topliss-reactive ketones (excluding diaryl/α,β-unsaturated/α-hetero) is 1. The Labute approximate surface area is 216 Å². The quantitative estimate of drug-likeness (QED) is 0.265. The summed E-state index contributed by atoms with van der Waals surface area (Å²) in [5.74, 6) is 1.61. The Kier molecular flexibility index (Phi) is 8.11. The van der Waals surface area contributed by atoms with Crippen molar-refractivity contribution in [1.82, 2.24) is 0 Å². The average Bonchev–Trinajstić information content (AvgIpc) is 2.89. The van der Waals surface area contributed by atoms with Crippen molar-refractivity contribution in [3.63, 3.8) is 0 Å². The Balaban J connectivity index is 1.39. The van der Waals surface area contributed by atoms with E-state index in [1.165, 1.54) is 0 Å². The molecule has 0 aromatic heterocycles. The Bertz CT molecular complexity index is 1360. The molecule has 0 aliphatic heterocycles. The van der Waals surface area contributed by atoms with E-state index in [4.69, 9.17) is 9.47 Å². The van der Waals surface area contributed by atoms with Gasteiger partial charge in [-0.15, -0.1) is 0 Å². The molecule has 1 unspecified atom stereocenters. The average molecular weight is 499 g/mol. The smallest absolute Gasteiger partial charge is 0.139 e. The van der Waals surface area contributed by atoms with Crippen LogP contribution in [-0.2, 0) is 17.6 Å². The number of hydrogen-bond donors (Lipinski definition) is 3. The van der Waals surface area contributed by atoms with E-state index in [1.807, 2.05) is 48.5 Å². The fourth-order valence-corrected chi connectivity index (χ4v) is 4.37. The molecule has 0 heterocycles. The standard InChI is InChI=1S/C31H30O6/c1-36-30-17-20(3-13-28(30)22-5-9-24(32)10-6-22)15-26(34)19-27(35)16-21-4-14-29(31(18-21)37-2)23-7-11-25(33)12-8-23/h3-14,17-18,26,32-34H,15-16,19H2,1-2H3. The van der Waals surface area contributed by atoms with Gasteiger partial charge in [-0.2, -0.15) is 0 Å². The van der Waals surface area contributed by atoms with E-state index in [0.717, 1.165) is 33.4 Å². The van der Waals surface area contributed by atoms with Crippen LogP contribution in [-0.4, -0.2) is 41.4 Å². The van der Waals surface area contributed by atoms with Gasteiger partial charge in [-0.05, 0) is 65.1 Å². The molecule has 0 bridgehead atoms. The highest BCUT2D eigenvalue weighted by Crippen LogP contribution is 2.33. The lowest BCUT2D eigenvalue weighted by molar-refractivity contribution is -0.120. The highest BCUT2D eigenvalue weighted by atomic mass is 16.5. The predicted octanol–water partition coefficient (Wildman–Crippen LogP) is 5.55. The summed E-state index contributed by atoms with van der Waals surface area (Å²) in [6.45, 7) is 0. The maximum Gasteiger partial charge on any atom is 0.139 e. The molecule has 0 saturated heterocycles. The fraction of sp³-hybridized carbons (Fsp3) is 0.194. The molecule has 4 aromatic carbocycles. The maximum absolute atomic E-state index is 12.7. The minimum atomic E-state index is -0.824. The Morgan fingerprint density at radius 3 is 1.65 bits per heavy atom. The molecular formula is C31H30O6. The summed E-state index contributed by atoms with van der Waals surface area (Å²) in [5.41, 5.74) is 5.21. The van der Waals surface area contributed by atoms with Crippen LogP contribution in [0.4, 0.5) is 0 Å². The summed E-state index contributed by atoms with van der Waals surface area (Å²) in [7, 11) is 3.17. The third-order valence-electron chi connectivity index (χ3n) is 6.22. The zero-order valence-electron chi connectivity index (χ0n) is 20.8. The summed E-state index contributed by atoms with van der Waals surface area (Å²) in [6.07, 6.45) is -0.285. The summed E-state index contributed by atoms with van der Waals surface area (Å²) in [4.78, 5) is 12.7. The second-order valence-corrected chi connectivity index (χ2v) is 8.94. The molecule has 0 amide bonds.